The van der Waals surface area contributed by atoms with Crippen LogP contribution in [0.3, 0.4) is 0 Å². The molecule has 0 aliphatic carbocycles. The number of nitrogens with zero attached hydrogens (tertiary/aromatic N) is 1. The van der Waals surface area contributed by atoms with E-state index in [9.17, 15) is 9.59 Å². The molecule has 2 rings (SSSR count). The maximum atomic E-state index is 11.8. The van der Waals surface area contributed by atoms with Crippen LogP contribution in [0.1, 0.15) is 21.5 Å². The van der Waals surface area contributed by atoms with E-state index in [-0.39, 0.29) is 5.91 Å². The zero-order chi connectivity index (χ0) is 16.7. The third kappa shape index (κ3) is 5.41. The molecule has 2 aromatic carbocycles. The van der Waals surface area contributed by atoms with Crippen LogP contribution in [-0.4, -0.2) is 23.2 Å². The molecule has 6 heteroatoms. The maximum Gasteiger partial charge on any atom is 0.328 e. The van der Waals surface area contributed by atoms with Crippen molar-refractivity contribution in [1.82, 2.24) is 5.43 Å². The fourth-order valence-electron chi connectivity index (χ4n) is 1.69. The fourth-order valence-corrected chi connectivity index (χ4v) is 1.82. The number of carbonyl (C=O) groups is 2. The average molecular weight is 329 g/mol. The first kappa shape index (κ1) is 16.5. The number of benzene rings is 2. The van der Waals surface area contributed by atoms with Gasteiger partial charge in [0.05, 0.1) is 6.21 Å². The highest BCUT2D eigenvalue weighted by atomic mass is 35.5. The largest absolute Gasteiger partial charge is 0.478 e. The second kappa shape index (κ2) is 7.91. The first-order valence-electron chi connectivity index (χ1n) is 6.64. The van der Waals surface area contributed by atoms with Crippen LogP contribution in [-0.2, 0) is 4.79 Å². The second-order valence-electron chi connectivity index (χ2n) is 4.54. The van der Waals surface area contributed by atoms with Crippen molar-refractivity contribution in [2.24, 2.45) is 5.10 Å². The normalized spacial score (nSPS) is 11.0. The first-order chi connectivity index (χ1) is 11.0. The van der Waals surface area contributed by atoms with E-state index in [4.69, 9.17) is 16.7 Å². The van der Waals surface area contributed by atoms with Crippen LogP contribution in [0.25, 0.3) is 6.08 Å². The number of amides is 1. The number of hydrogen-bond donors (Lipinski definition) is 2. The molecular formula is C17H13ClN2O3. The number of rotatable bonds is 5. The van der Waals surface area contributed by atoms with Gasteiger partial charge in [0.25, 0.3) is 5.91 Å². The molecular weight excluding hydrogens is 316 g/mol. The predicted molar refractivity (Wildman–Crippen MR) is 89.6 cm³/mol. The van der Waals surface area contributed by atoms with E-state index in [1.807, 2.05) is 0 Å². The van der Waals surface area contributed by atoms with Gasteiger partial charge in [0.2, 0.25) is 0 Å². The smallest absolute Gasteiger partial charge is 0.328 e. The van der Waals surface area contributed by atoms with E-state index in [0.717, 1.165) is 17.2 Å². The standard InChI is InChI=1S/C17H13ClN2O3/c18-15-8-6-14(7-9-15)17(23)20-19-11-13-3-1-12(2-4-13)5-10-16(21)22/h1-11H,(H,20,23)(H,21,22)/b10-5+,19-11?. The number of carbonyl (C=O) groups excluding carboxylic acids is 1. The Balaban J connectivity index is 1.93. The van der Waals surface area contributed by atoms with Gasteiger partial charge in [-0.1, -0.05) is 35.9 Å². The van der Waals surface area contributed by atoms with Crippen molar-refractivity contribution >= 4 is 35.8 Å². The monoisotopic (exact) mass is 328 g/mol. The molecule has 0 bridgehead atoms. The van der Waals surface area contributed by atoms with Crippen molar-refractivity contribution in [3.8, 4) is 0 Å². The Bertz CT molecular complexity index is 750. The Morgan fingerprint density at radius 3 is 2.22 bits per heavy atom. The Labute approximate surface area is 137 Å². The van der Waals surface area contributed by atoms with Gasteiger partial charge in [0.15, 0.2) is 0 Å². The molecule has 2 N–H and O–H groups in total. The lowest BCUT2D eigenvalue weighted by Gasteiger charge is -2.00. The van der Waals surface area contributed by atoms with E-state index in [1.54, 1.807) is 48.5 Å². The molecule has 0 atom stereocenters. The molecule has 2 aromatic rings. The number of carboxylic acid groups (broad SMARTS) is 1. The van der Waals surface area contributed by atoms with E-state index < -0.39 is 5.97 Å². The number of nitrogens with one attached hydrogen (secondary N) is 1. The lowest BCUT2D eigenvalue weighted by atomic mass is 10.1. The molecule has 23 heavy (non-hydrogen) atoms. The zero-order valence-corrected chi connectivity index (χ0v) is 12.7. The van der Waals surface area contributed by atoms with Gasteiger partial charge in [-0.05, 0) is 41.5 Å². The molecule has 0 saturated heterocycles. The minimum atomic E-state index is -0.999. The van der Waals surface area contributed by atoms with Gasteiger partial charge in [-0.25, -0.2) is 10.2 Å². The Kier molecular flexibility index (Phi) is 5.66. The summed E-state index contributed by atoms with van der Waals surface area (Å²) in [5.41, 5.74) is 4.41. The van der Waals surface area contributed by atoms with Crippen LogP contribution in [0.5, 0.6) is 0 Å². The molecule has 0 fully saturated rings. The second-order valence-corrected chi connectivity index (χ2v) is 4.98. The molecule has 116 valence electrons. The molecule has 0 aliphatic rings. The first-order valence-corrected chi connectivity index (χ1v) is 7.02. The van der Waals surface area contributed by atoms with Crippen molar-refractivity contribution in [1.29, 1.82) is 0 Å². The van der Waals surface area contributed by atoms with Crippen molar-refractivity contribution in [3.05, 3.63) is 76.3 Å². The molecule has 0 aliphatic heterocycles. The average Bonchev–Trinajstić information content (AvgIpc) is 2.54. The summed E-state index contributed by atoms with van der Waals surface area (Å²) in [4.78, 5) is 22.2. The summed E-state index contributed by atoms with van der Waals surface area (Å²) in [6.45, 7) is 0. The van der Waals surface area contributed by atoms with E-state index >= 15 is 0 Å². The van der Waals surface area contributed by atoms with Crippen LogP contribution >= 0.6 is 11.6 Å². The van der Waals surface area contributed by atoms with Gasteiger partial charge < -0.3 is 5.11 Å². The van der Waals surface area contributed by atoms with Gasteiger partial charge in [-0.3, -0.25) is 4.79 Å². The van der Waals surface area contributed by atoms with Crippen LogP contribution in [0.15, 0.2) is 59.7 Å². The van der Waals surface area contributed by atoms with Crippen LogP contribution < -0.4 is 5.43 Å². The van der Waals surface area contributed by atoms with Crippen molar-refractivity contribution < 1.29 is 14.7 Å². The number of halogens is 1. The number of carboxylic acids is 1. The molecule has 0 heterocycles. The van der Waals surface area contributed by atoms with Gasteiger partial charge in [0.1, 0.15) is 0 Å². The third-order valence-corrected chi connectivity index (χ3v) is 3.09. The van der Waals surface area contributed by atoms with Crippen LogP contribution in [0.2, 0.25) is 5.02 Å². The molecule has 0 spiro atoms. The van der Waals surface area contributed by atoms with Gasteiger partial charge in [-0.2, -0.15) is 5.10 Å². The summed E-state index contributed by atoms with van der Waals surface area (Å²) in [5, 5.41) is 13.0. The molecule has 5 nitrogen and oxygen atoms in total. The summed E-state index contributed by atoms with van der Waals surface area (Å²) in [7, 11) is 0. The van der Waals surface area contributed by atoms with Crippen LogP contribution in [0.4, 0.5) is 0 Å². The molecule has 0 aromatic heterocycles. The summed E-state index contributed by atoms with van der Waals surface area (Å²) in [6, 6.07) is 13.5. The minimum Gasteiger partial charge on any atom is -0.478 e. The number of hydrogen-bond acceptors (Lipinski definition) is 3. The minimum absolute atomic E-state index is 0.334. The number of hydrazone groups is 1. The summed E-state index contributed by atoms with van der Waals surface area (Å²) in [5.74, 6) is -1.33. The lowest BCUT2D eigenvalue weighted by molar-refractivity contribution is -0.131. The summed E-state index contributed by atoms with van der Waals surface area (Å²) < 4.78 is 0. The van der Waals surface area contributed by atoms with Crippen LogP contribution in [0, 0.1) is 0 Å². The van der Waals surface area contributed by atoms with Crippen molar-refractivity contribution in [2.75, 3.05) is 0 Å². The number of aliphatic carboxylic acids is 1. The molecule has 0 radical (unpaired) electrons. The van der Waals surface area contributed by atoms with Gasteiger partial charge in [-0.15, -0.1) is 0 Å². The third-order valence-electron chi connectivity index (χ3n) is 2.84. The summed E-state index contributed by atoms with van der Waals surface area (Å²) >= 11 is 5.75. The van der Waals surface area contributed by atoms with Gasteiger partial charge >= 0.3 is 5.97 Å². The van der Waals surface area contributed by atoms with Crippen molar-refractivity contribution in [2.45, 2.75) is 0 Å². The van der Waals surface area contributed by atoms with E-state index in [0.29, 0.717) is 10.6 Å². The predicted octanol–water partition coefficient (Wildman–Crippen LogP) is 3.20. The Morgan fingerprint density at radius 2 is 1.61 bits per heavy atom. The summed E-state index contributed by atoms with van der Waals surface area (Å²) in [6.07, 6.45) is 4.06. The molecule has 0 unspecified atom stereocenters. The topological polar surface area (TPSA) is 78.8 Å². The highest BCUT2D eigenvalue weighted by Gasteiger charge is 2.02. The zero-order valence-electron chi connectivity index (χ0n) is 11.9. The maximum absolute atomic E-state index is 11.8. The Morgan fingerprint density at radius 1 is 1.00 bits per heavy atom. The van der Waals surface area contributed by atoms with E-state index in [1.165, 1.54) is 12.3 Å². The highest BCUT2D eigenvalue weighted by molar-refractivity contribution is 6.30. The van der Waals surface area contributed by atoms with E-state index in [2.05, 4.69) is 10.5 Å². The molecule has 1 amide bonds. The Hall–Kier alpha value is -2.92. The highest BCUT2D eigenvalue weighted by Crippen LogP contribution is 2.09. The van der Waals surface area contributed by atoms with Crippen molar-refractivity contribution in [3.63, 3.8) is 0 Å². The lowest BCUT2D eigenvalue weighted by Crippen LogP contribution is -2.17. The molecule has 0 saturated carbocycles. The van der Waals surface area contributed by atoms with Gasteiger partial charge in [0, 0.05) is 16.7 Å². The quantitative estimate of drug-likeness (QED) is 0.502. The fraction of sp³-hybridized carbons (Fsp3) is 0. The SMILES string of the molecule is O=C(O)/C=C/c1ccc(C=NNC(=O)c2ccc(Cl)cc2)cc1.